The predicted molar refractivity (Wildman–Crippen MR) is 125 cm³/mol. The van der Waals surface area contributed by atoms with Gasteiger partial charge in [0.05, 0.1) is 11.9 Å². The smallest absolute Gasteiger partial charge is 0.0648 e. The van der Waals surface area contributed by atoms with Crippen LogP contribution in [0.3, 0.4) is 0 Å². The van der Waals surface area contributed by atoms with E-state index in [0.717, 1.165) is 31.5 Å². The summed E-state index contributed by atoms with van der Waals surface area (Å²) in [5.74, 6) is 1.90. The van der Waals surface area contributed by atoms with E-state index < -0.39 is 0 Å². The Balaban J connectivity index is 1.50. The fourth-order valence-electron chi connectivity index (χ4n) is 7.63. The third kappa shape index (κ3) is 3.06. The molecule has 2 aromatic rings. The van der Waals surface area contributed by atoms with Crippen molar-refractivity contribution in [2.45, 2.75) is 52.4 Å². The molecule has 3 aliphatic carbocycles. The summed E-state index contributed by atoms with van der Waals surface area (Å²) >= 11 is 0. The van der Waals surface area contributed by atoms with E-state index in [1.165, 1.54) is 36.1 Å². The van der Waals surface area contributed by atoms with E-state index in [4.69, 9.17) is 10.8 Å². The Labute approximate surface area is 186 Å². The van der Waals surface area contributed by atoms with Crippen LogP contribution in [-0.4, -0.2) is 28.0 Å². The molecule has 0 saturated heterocycles. The van der Waals surface area contributed by atoms with E-state index in [9.17, 15) is 5.11 Å². The molecule has 0 spiro atoms. The summed E-state index contributed by atoms with van der Waals surface area (Å²) in [4.78, 5) is 0. The zero-order chi connectivity index (χ0) is 21.8. The van der Waals surface area contributed by atoms with Gasteiger partial charge in [0.15, 0.2) is 0 Å². The highest BCUT2D eigenvalue weighted by molar-refractivity contribution is 5.37. The fourth-order valence-corrected chi connectivity index (χ4v) is 7.63. The molecule has 31 heavy (non-hydrogen) atoms. The zero-order valence-corrected chi connectivity index (χ0v) is 19.1. The predicted octanol–water partition coefficient (Wildman–Crippen LogP) is 4.54. The molecule has 3 N–H and O–H groups in total. The molecule has 5 rings (SSSR count). The van der Waals surface area contributed by atoms with Gasteiger partial charge in [-0.25, -0.2) is 4.68 Å². The van der Waals surface area contributed by atoms with Crippen LogP contribution in [0.4, 0.5) is 0 Å². The molecule has 166 valence electrons. The summed E-state index contributed by atoms with van der Waals surface area (Å²) in [5, 5.41) is 15.3. The van der Waals surface area contributed by atoms with Crippen molar-refractivity contribution in [3.8, 4) is 5.69 Å². The van der Waals surface area contributed by atoms with E-state index in [2.05, 4.69) is 55.6 Å². The van der Waals surface area contributed by atoms with E-state index in [1.807, 2.05) is 6.07 Å². The standard InChI is InChI=1S/C27H37N3O/c1-18-9-10-23-22(15-28)24(11-12-26(18,23)2)27(3)14-19-16-29-30(21-7-5-4-6-8-21)25(19)13-20(27)17-31/h4-8,16,20,22-24,31H,1,9-15,17,28H2,2-3H3/t20-,22+,23+,24+,26-,27+/m1/s1. The Morgan fingerprint density at radius 2 is 1.97 bits per heavy atom. The maximum absolute atomic E-state index is 10.5. The Morgan fingerprint density at radius 3 is 2.68 bits per heavy atom. The van der Waals surface area contributed by atoms with Crippen molar-refractivity contribution in [3.05, 3.63) is 59.9 Å². The Bertz CT molecular complexity index is 966. The van der Waals surface area contributed by atoms with E-state index in [1.54, 1.807) is 0 Å². The van der Waals surface area contributed by atoms with E-state index in [-0.39, 0.29) is 23.4 Å². The summed E-state index contributed by atoms with van der Waals surface area (Å²) in [6, 6.07) is 10.4. The van der Waals surface area contributed by atoms with Crippen LogP contribution in [0.15, 0.2) is 48.7 Å². The molecule has 1 heterocycles. The first-order chi connectivity index (χ1) is 14.9. The lowest BCUT2D eigenvalue weighted by atomic mass is 9.49. The van der Waals surface area contributed by atoms with Crippen molar-refractivity contribution in [1.29, 1.82) is 0 Å². The van der Waals surface area contributed by atoms with Crippen LogP contribution < -0.4 is 5.73 Å². The monoisotopic (exact) mass is 419 g/mol. The Kier molecular flexibility index (Phi) is 5.14. The number of allylic oxidation sites excluding steroid dienone is 1. The van der Waals surface area contributed by atoms with Gasteiger partial charge in [0.1, 0.15) is 0 Å². The lowest BCUT2D eigenvalue weighted by molar-refractivity contribution is -0.0537. The average Bonchev–Trinajstić information content (AvgIpc) is 3.32. The van der Waals surface area contributed by atoms with Gasteiger partial charge in [0, 0.05) is 12.3 Å². The molecule has 6 atom stereocenters. The van der Waals surface area contributed by atoms with Crippen LogP contribution in [0.25, 0.3) is 5.69 Å². The second kappa shape index (κ2) is 7.60. The quantitative estimate of drug-likeness (QED) is 0.715. The molecule has 3 aliphatic rings. The lowest BCUT2D eigenvalue weighted by Gasteiger charge is -2.55. The third-order valence-electron chi connectivity index (χ3n) is 9.63. The molecule has 0 radical (unpaired) electrons. The molecule has 2 fully saturated rings. The molecular formula is C27H37N3O. The highest BCUT2D eigenvalue weighted by Crippen LogP contribution is 2.62. The topological polar surface area (TPSA) is 64.1 Å². The Morgan fingerprint density at radius 1 is 1.19 bits per heavy atom. The average molecular weight is 420 g/mol. The minimum atomic E-state index is 0.0432. The van der Waals surface area contributed by atoms with Crippen LogP contribution in [0.5, 0.6) is 0 Å². The Hall–Kier alpha value is -1.91. The zero-order valence-electron chi connectivity index (χ0n) is 19.1. The molecular weight excluding hydrogens is 382 g/mol. The van der Waals surface area contributed by atoms with Gasteiger partial charge >= 0.3 is 0 Å². The minimum absolute atomic E-state index is 0.0432. The number of hydrogen-bond donors (Lipinski definition) is 2. The first-order valence-electron chi connectivity index (χ1n) is 12.0. The molecule has 0 aliphatic heterocycles. The van der Waals surface area contributed by atoms with Crippen molar-refractivity contribution in [3.63, 3.8) is 0 Å². The first kappa shape index (κ1) is 21.0. The summed E-state index contributed by atoms with van der Waals surface area (Å²) in [6.07, 6.45) is 8.69. The fraction of sp³-hybridized carbons (Fsp3) is 0.593. The van der Waals surface area contributed by atoms with Crippen molar-refractivity contribution in [2.75, 3.05) is 13.2 Å². The van der Waals surface area contributed by atoms with Gasteiger partial charge in [-0.2, -0.15) is 5.10 Å². The first-order valence-corrected chi connectivity index (χ1v) is 12.0. The van der Waals surface area contributed by atoms with Crippen LogP contribution in [0.2, 0.25) is 0 Å². The number of aromatic nitrogens is 2. The van der Waals surface area contributed by atoms with Gasteiger partial charge in [-0.3, -0.25) is 0 Å². The summed E-state index contributed by atoms with van der Waals surface area (Å²) in [5.41, 5.74) is 11.9. The van der Waals surface area contributed by atoms with Gasteiger partial charge in [-0.1, -0.05) is 44.2 Å². The van der Waals surface area contributed by atoms with Crippen LogP contribution in [-0.2, 0) is 12.8 Å². The SMILES string of the molecule is C=C1CC[C@H]2[C@H](CN)[C@@H]([C@@]3(C)Cc4cnn(-c5ccccc5)c4C[C@@H]3CO)CC[C@]12C. The van der Waals surface area contributed by atoms with Crippen molar-refractivity contribution < 1.29 is 5.11 Å². The molecule has 4 heteroatoms. The molecule has 2 saturated carbocycles. The maximum Gasteiger partial charge on any atom is 0.0648 e. The maximum atomic E-state index is 10.5. The normalized spacial score (nSPS) is 37.5. The van der Waals surface area contributed by atoms with Crippen molar-refractivity contribution >= 4 is 0 Å². The van der Waals surface area contributed by atoms with E-state index >= 15 is 0 Å². The minimum Gasteiger partial charge on any atom is -0.396 e. The lowest BCUT2D eigenvalue weighted by Crippen LogP contribution is -2.53. The van der Waals surface area contributed by atoms with Gasteiger partial charge < -0.3 is 10.8 Å². The summed E-state index contributed by atoms with van der Waals surface area (Å²) in [6.45, 7) is 10.3. The highest BCUT2D eigenvalue weighted by atomic mass is 16.3. The largest absolute Gasteiger partial charge is 0.396 e. The van der Waals surface area contributed by atoms with Gasteiger partial charge in [0.25, 0.3) is 0 Å². The molecule has 0 amide bonds. The third-order valence-corrected chi connectivity index (χ3v) is 9.63. The van der Waals surface area contributed by atoms with Crippen molar-refractivity contribution in [2.24, 2.45) is 40.2 Å². The van der Waals surface area contributed by atoms with Crippen LogP contribution in [0, 0.1) is 34.5 Å². The van der Waals surface area contributed by atoms with Crippen LogP contribution >= 0.6 is 0 Å². The number of hydrogen-bond acceptors (Lipinski definition) is 3. The number of aliphatic hydroxyl groups excluding tert-OH is 1. The number of fused-ring (bicyclic) bond motifs is 2. The number of para-hydroxylation sites is 1. The highest BCUT2D eigenvalue weighted by Gasteiger charge is 2.56. The molecule has 1 aromatic heterocycles. The number of nitrogens with zero attached hydrogens (tertiary/aromatic N) is 2. The molecule has 1 aromatic carbocycles. The molecule has 0 unspecified atom stereocenters. The molecule has 0 bridgehead atoms. The second-order valence-corrected chi connectivity index (χ2v) is 10.8. The van der Waals surface area contributed by atoms with Crippen LogP contribution in [0.1, 0.15) is 50.8 Å². The van der Waals surface area contributed by atoms with Gasteiger partial charge in [-0.05, 0) is 97.3 Å². The van der Waals surface area contributed by atoms with E-state index in [0.29, 0.717) is 17.8 Å². The second-order valence-electron chi connectivity index (χ2n) is 10.8. The number of rotatable bonds is 4. The summed E-state index contributed by atoms with van der Waals surface area (Å²) < 4.78 is 2.08. The number of nitrogens with two attached hydrogens (primary N) is 1. The summed E-state index contributed by atoms with van der Waals surface area (Å²) in [7, 11) is 0. The van der Waals surface area contributed by atoms with Gasteiger partial charge in [0.2, 0.25) is 0 Å². The number of benzene rings is 1. The molecule has 4 nitrogen and oxygen atoms in total. The van der Waals surface area contributed by atoms with Crippen molar-refractivity contribution in [1.82, 2.24) is 9.78 Å². The number of aliphatic hydroxyl groups is 1. The van der Waals surface area contributed by atoms with Gasteiger partial charge in [-0.15, -0.1) is 0 Å².